The van der Waals surface area contributed by atoms with Gasteiger partial charge in [0.1, 0.15) is 0 Å². The van der Waals surface area contributed by atoms with Gasteiger partial charge in [-0.05, 0) is 55.2 Å². The van der Waals surface area contributed by atoms with Crippen molar-refractivity contribution < 1.29 is 4.79 Å². The van der Waals surface area contributed by atoms with Crippen molar-refractivity contribution in [2.24, 2.45) is 0 Å². The monoisotopic (exact) mass is 330 g/mol. The van der Waals surface area contributed by atoms with E-state index in [9.17, 15) is 4.79 Å². The quantitative estimate of drug-likeness (QED) is 0.755. The van der Waals surface area contributed by atoms with Gasteiger partial charge in [0.05, 0.1) is 6.20 Å². The maximum Gasteiger partial charge on any atom is 0.315 e. The van der Waals surface area contributed by atoms with Crippen molar-refractivity contribution in [1.82, 2.24) is 20.8 Å². The number of amides is 2. The molecule has 0 bridgehead atoms. The first-order valence-electron chi connectivity index (χ1n) is 7.84. The number of nitrogens with zero attached hydrogens (tertiary/aromatic N) is 1. The topological polar surface area (TPSA) is 69.8 Å². The Morgan fingerprint density at radius 2 is 2.35 bits per heavy atom. The number of carbonyl (C=O) groups excluding carboxylic acids is 1. The van der Waals surface area contributed by atoms with Crippen molar-refractivity contribution in [2.45, 2.75) is 43.7 Å². The molecule has 0 unspecified atom stereocenters. The minimum atomic E-state index is -0.102. The highest BCUT2D eigenvalue weighted by molar-refractivity contribution is 7.98. The second kappa shape index (κ2) is 7.08. The average Bonchev–Trinajstić information content (AvgIpc) is 3.01. The number of nitrogens with one attached hydrogen (secondary N) is 3. The Labute approximate surface area is 140 Å². The molecule has 1 aromatic heterocycles. The summed E-state index contributed by atoms with van der Waals surface area (Å²) in [6.45, 7) is 2.63. The van der Waals surface area contributed by atoms with Crippen LogP contribution in [-0.4, -0.2) is 28.5 Å². The number of urea groups is 1. The average molecular weight is 330 g/mol. The lowest BCUT2D eigenvalue weighted by Gasteiger charge is -2.23. The molecule has 0 aliphatic heterocycles. The summed E-state index contributed by atoms with van der Waals surface area (Å²) in [4.78, 5) is 13.4. The van der Waals surface area contributed by atoms with Gasteiger partial charge in [0.2, 0.25) is 0 Å². The molecule has 1 atom stereocenters. The summed E-state index contributed by atoms with van der Waals surface area (Å²) in [5.41, 5.74) is 4.80. The third kappa shape index (κ3) is 3.88. The first-order chi connectivity index (χ1) is 11.2. The molecule has 0 saturated heterocycles. The molecule has 1 heterocycles. The second-order valence-corrected chi connectivity index (χ2v) is 6.80. The molecular weight excluding hydrogens is 308 g/mol. The third-order valence-corrected chi connectivity index (χ3v) is 5.05. The van der Waals surface area contributed by atoms with Gasteiger partial charge in [-0.1, -0.05) is 12.1 Å². The lowest BCUT2D eigenvalue weighted by molar-refractivity contribution is 0.235. The summed E-state index contributed by atoms with van der Waals surface area (Å²) in [6.07, 6.45) is 6.65. The van der Waals surface area contributed by atoms with E-state index in [1.807, 2.05) is 6.20 Å². The maximum absolute atomic E-state index is 12.1. The third-order valence-electron chi connectivity index (χ3n) is 4.23. The molecule has 1 aliphatic rings. The molecule has 1 aromatic carbocycles. The van der Waals surface area contributed by atoms with Gasteiger partial charge in [-0.2, -0.15) is 5.10 Å². The summed E-state index contributed by atoms with van der Waals surface area (Å²) in [6, 6.07) is 6.39. The van der Waals surface area contributed by atoms with Crippen LogP contribution in [0.4, 0.5) is 4.79 Å². The Morgan fingerprint density at radius 3 is 3.17 bits per heavy atom. The van der Waals surface area contributed by atoms with Crippen LogP contribution in [0.1, 0.15) is 28.8 Å². The molecule has 23 heavy (non-hydrogen) atoms. The molecule has 2 amide bonds. The molecule has 3 N–H and O–H groups in total. The van der Waals surface area contributed by atoms with Gasteiger partial charge in [0.25, 0.3) is 0 Å². The first-order valence-corrected chi connectivity index (χ1v) is 9.07. The van der Waals surface area contributed by atoms with Crippen molar-refractivity contribution in [1.29, 1.82) is 0 Å². The molecule has 6 heteroatoms. The highest BCUT2D eigenvalue weighted by Crippen LogP contribution is 2.22. The van der Waals surface area contributed by atoms with E-state index in [0.717, 1.165) is 24.8 Å². The molecule has 1 aliphatic carbocycles. The zero-order valence-electron chi connectivity index (χ0n) is 13.5. The van der Waals surface area contributed by atoms with Crippen molar-refractivity contribution in [3.63, 3.8) is 0 Å². The number of thioether (sulfide) groups is 1. The Bertz CT molecular complexity index is 698. The molecule has 0 spiro atoms. The van der Waals surface area contributed by atoms with Gasteiger partial charge in [0, 0.05) is 23.2 Å². The number of aromatic amines is 1. The maximum atomic E-state index is 12.1. The number of rotatable bonds is 4. The predicted octanol–water partition coefficient (Wildman–Crippen LogP) is 2.80. The van der Waals surface area contributed by atoms with Crippen LogP contribution < -0.4 is 10.6 Å². The first kappa shape index (κ1) is 15.9. The van der Waals surface area contributed by atoms with Gasteiger partial charge in [-0.3, -0.25) is 5.10 Å². The van der Waals surface area contributed by atoms with Gasteiger partial charge < -0.3 is 10.6 Å². The fourth-order valence-corrected chi connectivity index (χ4v) is 3.66. The highest BCUT2D eigenvalue weighted by Gasteiger charge is 2.21. The number of fused-ring (bicyclic) bond motifs is 1. The summed E-state index contributed by atoms with van der Waals surface area (Å²) < 4.78 is 0. The van der Waals surface area contributed by atoms with Crippen LogP contribution in [0.25, 0.3) is 0 Å². The second-order valence-electron chi connectivity index (χ2n) is 5.96. The molecule has 0 radical (unpaired) electrons. The number of aryl methyl sites for hydroxylation is 2. The Balaban J connectivity index is 1.52. The van der Waals surface area contributed by atoms with Crippen molar-refractivity contribution >= 4 is 17.8 Å². The fourth-order valence-electron chi connectivity index (χ4n) is 2.95. The van der Waals surface area contributed by atoms with Gasteiger partial charge >= 0.3 is 6.03 Å². The molecule has 2 aromatic rings. The highest BCUT2D eigenvalue weighted by atomic mass is 32.2. The van der Waals surface area contributed by atoms with Crippen LogP contribution in [0.2, 0.25) is 0 Å². The molecular formula is C17H22N4OS. The van der Waals surface area contributed by atoms with Crippen LogP contribution in [0.3, 0.4) is 0 Å². The number of aromatic nitrogens is 2. The number of H-pyrrole nitrogens is 1. The zero-order chi connectivity index (χ0) is 16.2. The normalized spacial score (nSPS) is 16.7. The Morgan fingerprint density at radius 1 is 1.48 bits per heavy atom. The summed E-state index contributed by atoms with van der Waals surface area (Å²) in [7, 11) is 0. The largest absolute Gasteiger partial charge is 0.335 e. The minimum absolute atomic E-state index is 0.102. The van der Waals surface area contributed by atoms with E-state index in [0.29, 0.717) is 6.54 Å². The molecule has 0 fully saturated rings. The van der Waals surface area contributed by atoms with E-state index in [-0.39, 0.29) is 12.1 Å². The number of benzene rings is 1. The minimum Gasteiger partial charge on any atom is -0.335 e. The molecule has 5 nitrogen and oxygen atoms in total. The van der Waals surface area contributed by atoms with E-state index >= 15 is 0 Å². The summed E-state index contributed by atoms with van der Waals surface area (Å²) >= 11 is 1.71. The number of carbonyl (C=O) groups is 1. The van der Waals surface area contributed by atoms with Crippen LogP contribution in [-0.2, 0) is 19.4 Å². The van der Waals surface area contributed by atoms with Crippen LogP contribution in [0.15, 0.2) is 29.3 Å². The molecule has 0 saturated carbocycles. The van der Waals surface area contributed by atoms with Crippen LogP contribution >= 0.6 is 11.8 Å². The SMILES string of the molecule is CSc1cc(C)ccc1CNC(=O)N[C@H]1CCc2[nH]ncc2C1. The van der Waals surface area contributed by atoms with E-state index in [2.05, 4.69) is 52.2 Å². The molecule has 3 rings (SSSR count). The van der Waals surface area contributed by atoms with Crippen LogP contribution in [0, 0.1) is 6.92 Å². The van der Waals surface area contributed by atoms with Crippen molar-refractivity contribution in [3.05, 3.63) is 46.8 Å². The fraction of sp³-hybridized carbons (Fsp3) is 0.412. The van der Waals surface area contributed by atoms with Gasteiger partial charge in [0.15, 0.2) is 0 Å². The predicted molar refractivity (Wildman–Crippen MR) is 92.7 cm³/mol. The number of hydrogen-bond donors (Lipinski definition) is 3. The van der Waals surface area contributed by atoms with Crippen molar-refractivity contribution in [3.8, 4) is 0 Å². The van der Waals surface area contributed by atoms with E-state index < -0.39 is 0 Å². The molecule has 122 valence electrons. The van der Waals surface area contributed by atoms with Crippen LogP contribution in [0.5, 0.6) is 0 Å². The van der Waals surface area contributed by atoms with Crippen molar-refractivity contribution in [2.75, 3.05) is 6.26 Å². The Kier molecular flexibility index (Phi) is 4.91. The Hall–Kier alpha value is -1.95. The van der Waals surface area contributed by atoms with E-state index in [4.69, 9.17) is 0 Å². The lowest BCUT2D eigenvalue weighted by atomic mass is 9.94. The number of hydrogen-bond acceptors (Lipinski definition) is 3. The summed E-state index contributed by atoms with van der Waals surface area (Å²) in [5, 5.41) is 13.1. The zero-order valence-corrected chi connectivity index (χ0v) is 14.3. The van der Waals surface area contributed by atoms with E-state index in [1.165, 1.54) is 21.7 Å². The van der Waals surface area contributed by atoms with E-state index in [1.54, 1.807) is 11.8 Å². The van der Waals surface area contributed by atoms with Gasteiger partial charge in [-0.25, -0.2) is 4.79 Å². The summed E-state index contributed by atoms with van der Waals surface area (Å²) in [5.74, 6) is 0. The standard InChI is InChI=1S/C17H22N4OS/c1-11-3-4-12(16(7-11)23-2)9-18-17(22)20-14-5-6-15-13(8-14)10-19-21-15/h3-4,7,10,14H,5-6,8-9H2,1-2H3,(H,19,21)(H2,18,20,22)/t14-/m0/s1. The smallest absolute Gasteiger partial charge is 0.315 e. The lowest BCUT2D eigenvalue weighted by Crippen LogP contribution is -2.44. The van der Waals surface area contributed by atoms with Gasteiger partial charge in [-0.15, -0.1) is 11.8 Å².